The SMILES string of the molecule is FC(F)(F)c1[c]c2c(cc1)OC=CO2. The highest BCUT2D eigenvalue weighted by Gasteiger charge is 2.32. The van der Waals surface area contributed by atoms with Crippen LogP contribution in [0, 0.1) is 6.07 Å². The molecule has 1 heterocycles. The van der Waals surface area contributed by atoms with Crippen LogP contribution in [0.4, 0.5) is 13.2 Å². The molecule has 1 radical (unpaired) electrons. The number of rotatable bonds is 0. The minimum atomic E-state index is -4.42. The van der Waals surface area contributed by atoms with Gasteiger partial charge in [-0.3, -0.25) is 0 Å². The van der Waals surface area contributed by atoms with E-state index in [1.165, 1.54) is 12.3 Å². The molecular weight excluding hydrogens is 197 g/mol. The third-order valence-electron chi connectivity index (χ3n) is 1.62. The summed E-state index contributed by atoms with van der Waals surface area (Å²) in [6, 6.07) is 4.16. The maximum atomic E-state index is 12.2. The van der Waals surface area contributed by atoms with Crippen molar-refractivity contribution < 1.29 is 22.6 Å². The predicted octanol–water partition coefficient (Wildman–Crippen LogP) is 2.75. The molecule has 2 nitrogen and oxygen atoms in total. The van der Waals surface area contributed by atoms with Crippen LogP contribution in [-0.4, -0.2) is 0 Å². The van der Waals surface area contributed by atoms with Crippen LogP contribution in [-0.2, 0) is 6.18 Å². The lowest BCUT2D eigenvalue weighted by Crippen LogP contribution is -2.06. The zero-order valence-electron chi connectivity index (χ0n) is 6.76. The molecule has 0 amide bonds. The second-order valence-corrected chi connectivity index (χ2v) is 2.57. The molecule has 0 aliphatic carbocycles. The Kier molecular flexibility index (Phi) is 1.87. The van der Waals surface area contributed by atoms with Gasteiger partial charge in [0.2, 0.25) is 0 Å². The van der Waals surface area contributed by atoms with E-state index < -0.39 is 11.7 Å². The average Bonchev–Trinajstić information content (AvgIpc) is 2.16. The third-order valence-corrected chi connectivity index (χ3v) is 1.62. The number of hydrogen-bond donors (Lipinski definition) is 0. The topological polar surface area (TPSA) is 18.5 Å². The van der Waals surface area contributed by atoms with Gasteiger partial charge in [0.25, 0.3) is 0 Å². The summed E-state index contributed by atoms with van der Waals surface area (Å²) in [4.78, 5) is 0. The maximum absolute atomic E-state index is 12.2. The van der Waals surface area contributed by atoms with Crippen molar-refractivity contribution in [3.05, 3.63) is 36.3 Å². The molecule has 5 heteroatoms. The quantitative estimate of drug-likeness (QED) is 0.642. The summed E-state index contributed by atoms with van der Waals surface area (Å²) in [5, 5.41) is 0. The van der Waals surface area contributed by atoms with Crippen molar-refractivity contribution in [1.82, 2.24) is 0 Å². The summed E-state index contributed by atoms with van der Waals surface area (Å²) < 4.78 is 46.3. The molecule has 1 aliphatic heterocycles. The Morgan fingerprint density at radius 1 is 1.07 bits per heavy atom. The third kappa shape index (κ3) is 1.53. The van der Waals surface area contributed by atoms with E-state index in [2.05, 4.69) is 6.07 Å². The van der Waals surface area contributed by atoms with Crippen LogP contribution in [0.3, 0.4) is 0 Å². The van der Waals surface area contributed by atoms with E-state index in [-0.39, 0.29) is 11.5 Å². The first-order chi connectivity index (χ1) is 6.57. The van der Waals surface area contributed by atoms with Crippen molar-refractivity contribution in [3.8, 4) is 11.5 Å². The zero-order chi connectivity index (χ0) is 10.2. The van der Waals surface area contributed by atoms with Crippen molar-refractivity contribution in [2.24, 2.45) is 0 Å². The lowest BCUT2D eigenvalue weighted by Gasteiger charge is -2.13. The van der Waals surface area contributed by atoms with E-state index in [4.69, 9.17) is 9.47 Å². The fourth-order valence-corrected chi connectivity index (χ4v) is 1.00. The van der Waals surface area contributed by atoms with Crippen LogP contribution in [0.2, 0.25) is 0 Å². The lowest BCUT2D eigenvalue weighted by molar-refractivity contribution is -0.137. The van der Waals surface area contributed by atoms with Gasteiger partial charge in [-0.05, 0) is 12.1 Å². The number of hydrogen-bond acceptors (Lipinski definition) is 2. The van der Waals surface area contributed by atoms with Crippen molar-refractivity contribution in [2.75, 3.05) is 0 Å². The first-order valence-electron chi connectivity index (χ1n) is 3.69. The van der Waals surface area contributed by atoms with Gasteiger partial charge in [-0.15, -0.1) is 0 Å². The average molecular weight is 201 g/mol. The number of ether oxygens (including phenoxy) is 2. The first-order valence-corrected chi connectivity index (χ1v) is 3.69. The highest BCUT2D eigenvalue weighted by molar-refractivity contribution is 5.44. The molecule has 0 spiro atoms. The van der Waals surface area contributed by atoms with Gasteiger partial charge in [-0.2, -0.15) is 13.2 Å². The summed E-state index contributed by atoms with van der Waals surface area (Å²) in [7, 11) is 0. The van der Waals surface area contributed by atoms with E-state index in [1.807, 2.05) is 0 Å². The summed E-state index contributed by atoms with van der Waals surface area (Å²) in [6.45, 7) is 0. The molecule has 1 aromatic rings. The summed E-state index contributed by atoms with van der Waals surface area (Å²) in [6.07, 6.45) is -2.03. The van der Waals surface area contributed by atoms with Crippen molar-refractivity contribution in [2.45, 2.75) is 6.18 Å². The van der Waals surface area contributed by atoms with E-state index in [9.17, 15) is 13.2 Å². The molecule has 1 aromatic carbocycles. The molecule has 14 heavy (non-hydrogen) atoms. The number of benzene rings is 1. The van der Waals surface area contributed by atoms with Gasteiger partial charge in [0, 0.05) is 6.07 Å². The van der Waals surface area contributed by atoms with Gasteiger partial charge >= 0.3 is 6.18 Å². The Balaban J connectivity index is 2.41. The molecule has 2 rings (SSSR count). The van der Waals surface area contributed by atoms with Crippen molar-refractivity contribution >= 4 is 0 Å². The molecule has 73 valence electrons. The van der Waals surface area contributed by atoms with Crippen LogP contribution in [0.15, 0.2) is 24.7 Å². The molecule has 0 atom stereocenters. The highest BCUT2D eigenvalue weighted by Crippen LogP contribution is 2.36. The van der Waals surface area contributed by atoms with E-state index in [0.29, 0.717) is 0 Å². The van der Waals surface area contributed by atoms with Crippen LogP contribution in [0.25, 0.3) is 0 Å². The molecule has 0 bridgehead atoms. The normalized spacial score (nSPS) is 14.2. The van der Waals surface area contributed by atoms with Gasteiger partial charge in [0.1, 0.15) is 12.5 Å². The summed E-state index contributed by atoms with van der Waals surface area (Å²) in [5.74, 6) is 0.169. The van der Waals surface area contributed by atoms with Gasteiger partial charge in [-0.25, -0.2) is 0 Å². The Bertz CT molecular complexity index is 382. The molecule has 0 unspecified atom stereocenters. The molecule has 1 aliphatic rings. The van der Waals surface area contributed by atoms with E-state index in [0.717, 1.165) is 12.3 Å². The Morgan fingerprint density at radius 2 is 1.79 bits per heavy atom. The standard InChI is InChI=1S/C9H4F3O2/c10-9(11,12)6-1-2-7-8(5-6)14-4-3-13-7/h1-4H. The van der Waals surface area contributed by atoms with Crippen molar-refractivity contribution in [1.29, 1.82) is 0 Å². The fourth-order valence-electron chi connectivity index (χ4n) is 1.00. The Morgan fingerprint density at radius 3 is 2.50 bits per heavy atom. The van der Waals surface area contributed by atoms with Crippen molar-refractivity contribution in [3.63, 3.8) is 0 Å². The summed E-state index contributed by atoms with van der Waals surface area (Å²) >= 11 is 0. The van der Waals surface area contributed by atoms with Crippen LogP contribution < -0.4 is 9.47 Å². The second kappa shape index (κ2) is 2.94. The summed E-state index contributed by atoms with van der Waals surface area (Å²) in [5.41, 5.74) is -0.879. The predicted molar refractivity (Wildman–Crippen MR) is 40.7 cm³/mol. The highest BCUT2D eigenvalue weighted by atomic mass is 19.4. The minimum Gasteiger partial charge on any atom is -0.458 e. The van der Waals surface area contributed by atoms with Crippen LogP contribution in [0.5, 0.6) is 11.5 Å². The number of halogens is 3. The van der Waals surface area contributed by atoms with Gasteiger partial charge in [-0.1, -0.05) is 0 Å². The Hall–Kier alpha value is -1.65. The van der Waals surface area contributed by atoms with Gasteiger partial charge < -0.3 is 9.47 Å². The van der Waals surface area contributed by atoms with Gasteiger partial charge in [0.15, 0.2) is 11.5 Å². The largest absolute Gasteiger partial charge is 0.458 e. The lowest BCUT2D eigenvalue weighted by atomic mass is 10.2. The molecule has 0 saturated heterocycles. The number of fused-ring (bicyclic) bond motifs is 1. The zero-order valence-corrected chi connectivity index (χ0v) is 6.76. The first kappa shape index (κ1) is 8.93. The number of alkyl halides is 3. The molecular formula is C9H4F3O2. The smallest absolute Gasteiger partial charge is 0.417 e. The molecule has 0 aromatic heterocycles. The minimum absolute atomic E-state index is 0.0534. The van der Waals surface area contributed by atoms with Gasteiger partial charge in [0.05, 0.1) is 5.56 Å². The molecule has 0 N–H and O–H groups in total. The monoisotopic (exact) mass is 201 g/mol. The molecule has 0 saturated carbocycles. The van der Waals surface area contributed by atoms with E-state index in [1.54, 1.807) is 0 Å². The van der Waals surface area contributed by atoms with E-state index >= 15 is 0 Å². The van der Waals surface area contributed by atoms with Crippen LogP contribution in [0.1, 0.15) is 5.56 Å². The Labute approximate surface area is 77.6 Å². The second-order valence-electron chi connectivity index (χ2n) is 2.57. The maximum Gasteiger partial charge on any atom is 0.417 e. The fraction of sp³-hybridized carbons (Fsp3) is 0.111. The van der Waals surface area contributed by atoms with Crippen LogP contribution >= 0.6 is 0 Å². The molecule has 0 fully saturated rings.